The van der Waals surface area contributed by atoms with Gasteiger partial charge in [0.2, 0.25) is 0 Å². The Balaban J connectivity index is 4.45. The molecule has 0 saturated carbocycles. The first-order valence-electron chi connectivity index (χ1n) is 2.76. The molecule has 0 radical (unpaired) electrons. The van der Waals surface area contributed by atoms with Crippen LogP contribution < -0.4 is 0 Å². The van der Waals surface area contributed by atoms with Crippen molar-refractivity contribution in [2.75, 3.05) is 0 Å². The molecule has 0 aliphatic rings. The summed E-state index contributed by atoms with van der Waals surface area (Å²) in [5.41, 5.74) is 0. The molecule has 0 fully saturated rings. The second-order valence-electron chi connectivity index (χ2n) is 1.65. The zero-order valence-electron chi connectivity index (χ0n) is 5.83. The Kier molecular flexibility index (Phi) is 4.34. The van der Waals surface area contributed by atoms with Crippen molar-refractivity contribution in [2.45, 2.75) is 24.1 Å². The van der Waals surface area contributed by atoms with E-state index in [1.807, 2.05) is 0 Å². The molecule has 0 bridgehead atoms. The van der Waals surface area contributed by atoms with Crippen molar-refractivity contribution in [1.29, 1.82) is 0 Å². The number of rotatable bonds is 2. The normalized spacial score (nSPS) is 14.0. The molecule has 0 unspecified atom stereocenters. The Bertz CT molecular complexity index is 125. The molecule has 12 heavy (non-hydrogen) atoms. The minimum atomic E-state index is -5.08. The third-order valence-corrected chi connectivity index (χ3v) is 8.01. The van der Waals surface area contributed by atoms with Crippen LogP contribution in [0, 0.1) is 0 Å². The summed E-state index contributed by atoms with van der Waals surface area (Å²) in [7, 11) is 0. The van der Waals surface area contributed by atoms with Crippen LogP contribution in [0.2, 0.25) is 5.32 Å². The van der Waals surface area contributed by atoms with E-state index in [4.69, 9.17) is 0 Å². The van der Waals surface area contributed by atoms with Crippen LogP contribution in [-0.4, -0.2) is 26.3 Å². The van der Waals surface area contributed by atoms with Crippen LogP contribution >= 0.6 is 6.61 Å². The summed E-state index contributed by atoms with van der Waals surface area (Å²) in [6.07, 6.45) is 0. The van der Waals surface area contributed by atoms with E-state index in [2.05, 4.69) is 0 Å². The predicted octanol–water partition coefficient (Wildman–Crippen LogP) is 3.57. The van der Waals surface area contributed by atoms with Crippen molar-refractivity contribution in [3.05, 3.63) is 0 Å². The van der Waals surface area contributed by atoms with Crippen LogP contribution in [0.25, 0.3) is 0 Å². The topological polar surface area (TPSA) is 0 Å². The Morgan fingerprint density at radius 1 is 1.00 bits per heavy atom. The summed E-state index contributed by atoms with van der Waals surface area (Å²) in [6.45, 7) is -2.45. The standard InChI is InChI=1S/C4H5F6PSe/c1-2-12-11(3(5,6)7)4(8,9)10/h2H2,1H3. The van der Waals surface area contributed by atoms with E-state index >= 15 is 0 Å². The Morgan fingerprint density at radius 2 is 1.33 bits per heavy atom. The fourth-order valence-electron chi connectivity index (χ4n) is 0.419. The summed E-state index contributed by atoms with van der Waals surface area (Å²) in [5, 5.41) is -0.0439. The van der Waals surface area contributed by atoms with E-state index in [-0.39, 0.29) is 5.32 Å². The third-order valence-electron chi connectivity index (χ3n) is 0.719. The van der Waals surface area contributed by atoms with Gasteiger partial charge in [-0.15, -0.1) is 0 Å². The van der Waals surface area contributed by atoms with Crippen molar-refractivity contribution < 1.29 is 26.3 Å². The molecular weight excluding hydrogens is 272 g/mol. The summed E-state index contributed by atoms with van der Waals surface area (Å²) in [6, 6.07) is 0. The molecule has 0 aromatic rings. The molecule has 0 saturated heterocycles. The number of halogens is 6. The number of hydrogen-bond acceptors (Lipinski definition) is 0. The zero-order chi connectivity index (χ0) is 9.99. The molecule has 8 heteroatoms. The summed E-state index contributed by atoms with van der Waals surface area (Å²) >= 11 is -1.38. The van der Waals surface area contributed by atoms with E-state index in [1.165, 1.54) is 6.92 Å². The third kappa shape index (κ3) is 3.96. The molecule has 0 heterocycles. The van der Waals surface area contributed by atoms with Gasteiger partial charge in [0.15, 0.2) is 0 Å². The molecule has 74 valence electrons. The van der Waals surface area contributed by atoms with Crippen molar-refractivity contribution >= 4 is 21.1 Å². The maximum absolute atomic E-state index is 11.7. The van der Waals surface area contributed by atoms with Crippen LogP contribution in [-0.2, 0) is 0 Å². The minimum absolute atomic E-state index is 0.0439. The zero-order valence-corrected chi connectivity index (χ0v) is 8.44. The number of hydrogen-bond donors (Lipinski definition) is 0. The predicted molar refractivity (Wildman–Crippen MR) is 35.3 cm³/mol. The van der Waals surface area contributed by atoms with Crippen LogP contribution in [0.15, 0.2) is 0 Å². The van der Waals surface area contributed by atoms with Crippen molar-refractivity contribution in [2.24, 2.45) is 0 Å². The van der Waals surface area contributed by atoms with E-state index < -0.39 is 33.0 Å². The molecule has 0 spiro atoms. The van der Waals surface area contributed by atoms with Crippen molar-refractivity contribution in [1.82, 2.24) is 0 Å². The van der Waals surface area contributed by atoms with Gasteiger partial charge in [-0.1, -0.05) is 0 Å². The van der Waals surface area contributed by atoms with Crippen molar-refractivity contribution in [3.63, 3.8) is 0 Å². The second kappa shape index (κ2) is 4.16. The van der Waals surface area contributed by atoms with Gasteiger partial charge in [-0.2, -0.15) is 0 Å². The van der Waals surface area contributed by atoms with Gasteiger partial charge in [0.1, 0.15) is 0 Å². The quantitative estimate of drug-likeness (QED) is 0.411. The SMILES string of the molecule is CC[Se]P(C(F)(F)F)C(F)(F)F. The summed E-state index contributed by atoms with van der Waals surface area (Å²) < 4.78 is 70.4. The first-order valence-corrected chi connectivity index (χ1v) is 7.53. The molecule has 0 aliphatic carbocycles. The molecule has 0 atom stereocenters. The van der Waals surface area contributed by atoms with Gasteiger partial charge < -0.3 is 0 Å². The van der Waals surface area contributed by atoms with Gasteiger partial charge in [0, 0.05) is 0 Å². The first-order chi connectivity index (χ1) is 5.19. The van der Waals surface area contributed by atoms with E-state index in [0.717, 1.165) is 0 Å². The average molecular weight is 277 g/mol. The van der Waals surface area contributed by atoms with E-state index in [1.54, 1.807) is 0 Å². The van der Waals surface area contributed by atoms with Gasteiger partial charge in [-0.05, 0) is 0 Å². The molecule has 0 N–H and O–H groups in total. The van der Waals surface area contributed by atoms with Crippen molar-refractivity contribution in [3.8, 4) is 0 Å². The number of alkyl halides is 6. The Hall–Kier alpha value is 0.529. The monoisotopic (exact) mass is 278 g/mol. The average Bonchev–Trinajstić information content (AvgIpc) is 1.77. The van der Waals surface area contributed by atoms with Gasteiger partial charge in [-0.25, -0.2) is 0 Å². The van der Waals surface area contributed by atoms with E-state index in [0.29, 0.717) is 0 Å². The molecule has 0 aromatic heterocycles. The van der Waals surface area contributed by atoms with Crippen LogP contribution in [0.5, 0.6) is 0 Å². The summed E-state index contributed by atoms with van der Waals surface area (Å²) in [4.78, 5) is 0. The molecule has 0 aliphatic heterocycles. The van der Waals surface area contributed by atoms with Crippen LogP contribution in [0.4, 0.5) is 26.3 Å². The maximum atomic E-state index is 11.7. The fraction of sp³-hybridized carbons (Fsp3) is 1.00. The van der Waals surface area contributed by atoms with Gasteiger partial charge in [0.05, 0.1) is 0 Å². The van der Waals surface area contributed by atoms with Crippen LogP contribution in [0.3, 0.4) is 0 Å². The van der Waals surface area contributed by atoms with Gasteiger partial charge in [0.25, 0.3) is 0 Å². The molecular formula is C4H5F6PSe. The van der Waals surface area contributed by atoms with E-state index in [9.17, 15) is 26.3 Å². The Labute approximate surface area is 72.2 Å². The molecule has 0 aromatic carbocycles. The molecule has 0 amide bonds. The van der Waals surface area contributed by atoms with Gasteiger partial charge in [-0.3, -0.25) is 0 Å². The molecule has 0 nitrogen and oxygen atoms in total. The first kappa shape index (κ1) is 12.5. The van der Waals surface area contributed by atoms with Gasteiger partial charge >= 0.3 is 71.5 Å². The molecule has 0 rings (SSSR count). The Morgan fingerprint density at radius 3 is 1.42 bits per heavy atom. The second-order valence-corrected chi connectivity index (χ2v) is 8.64. The van der Waals surface area contributed by atoms with Crippen LogP contribution in [0.1, 0.15) is 6.92 Å². The fourth-order valence-corrected chi connectivity index (χ4v) is 4.73. The summed E-state index contributed by atoms with van der Waals surface area (Å²) in [5.74, 6) is -10.2.